The van der Waals surface area contributed by atoms with Gasteiger partial charge in [-0.25, -0.2) is 5.43 Å². The first kappa shape index (κ1) is 19.8. The van der Waals surface area contributed by atoms with Gasteiger partial charge in [0.2, 0.25) is 0 Å². The number of carbonyl (C=O) groups excluding carboxylic acids is 1. The van der Waals surface area contributed by atoms with Crippen LogP contribution in [0.1, 0.15) is 72.6 Å². The van der Waals surface area contributed by atoms with Crippen molar-refractivity contribution in [1.82, 2.24) is 10.4 Å². The van der Waals surface area contributed by atoms with E-state index in [1.165, 1.54) is 5.56 Å². The van der Waals surface area contributed by atoms with Crippen LogP contribution in [-0.4, -0.2) is 16.6 Å². The Morgan fingerprint density at radius 1 is 1.14 bits per heavy atom. The SMILES string of the molecule is C/C(=N\NC(=O)c1cc(C2CC2)nc2ccc(Br)cc12)c1ccc(C(C)C)cc1. The molecule has 1 fully saturated rings. The van der Waals surface area contributed by atoms with Crippen molar-refractivity contribution < 1.29 is 4.79 Å². The fourth-order valence-corrected chi connectivity index (χ4v) is 3.72. The summed E-state index contributed by atoms with van der Waals surface area (Å²) in [6, 6.07) is 16.1. The van der Waals surface area contributed by atoms with Crippen molar-refractivity contribution >= 4 is 38.5 Å². The minimum absolute atomic E-state index is 0.212. The van der Waals surface area contributed by atoms with E-state index in [1.807, 2.05) is 43.3 Å². The quantitative estimate of drug-likeness (QED) is 0.374. The number of nitrogens with one attached hydrogen (secondary N) is 1. The third kappa shape index (κ3) is 4.40. The van der Waals surface area contributed by atoms with Gasteiger partial charge in [0.1, 0.15) is 0 Å². The third-order valence-electron chi connectivity index (χ3n) is 5.35. The topological polar surface area (TPSA) is 54.4 Å². The molecule has 0 spiro atoms. The fourth-order valence-electron chi connectivity index (χ4n) is 3.36. The summed E-state index contributed by atoms with van der Waals surface area (Å²) in [4.78, 5) is 17.7. The molecular formula is C24H24BrN3O. The summed E-state index contributed by atoms with van der Waals surface area (Å²) in [5.74, 6) is 0.746. The Bertz CT molecular complexity index is 1100. The molecule has 0 aliphatic heterocycles. The number of nitrogens with zero attached hydrogens (tertiary/aromatic N) is 2. The highest BCUT2D eigenvalue weighted by atomic mass is 79.9. The Kier molecular flexibility index (Phi) is 5.50. The van der Waals surface area contributed by atoms with Gasteiger partial charge in [-0.2, -0.15) is 5.10 Å². The molecule has 1 amide bonds. The Morgan fingerprint density at radius 2 is 1.86 bits per heavy atom. The molecule has 1 aliphatic rings. The van der Waals surface area contributed by atoms with E-state index < -0.39 is 0 Å². The molecule has 0 bridgehead atoms. The smallest absolute Gasteiger partial charge is 0.267 e. The van der Waals surface area contributed by atoms with Crippen LogP contribution in [0.25, 0.3) is 10.9 Å². The summed E-state index contributed by atoms with van der Waals surface area (Å²) >= 11 is 3.50. The van der Waals surface area contributed by atoms with E-state index >= 15 is 0 Å². The molecule has 1 heterocycles. The second-order valence-corrected chi connectivity index (χ2v) is 8.86. The molecule has 5 heteroatoms. The lowest BCUT2D eigenvalue weighted by Gasteiger charge is -2.10. The van der Waals surface area contributed by atoms with Crippen LogP contribution in [0, 0.1) is 0 Å². The van der Waals surface area contributed by atoms with Crippen molar-refractivity contribution in [2.75, 3.05) is 0 Å². The van der Waals surface area contributed by atoms with Crippen LogP contribution in [0.4, 0.5) is 0 Å². The lowest BCUT2D eigenvalue weighted by molar-refractivity contribution is 0.0956. The molecule has 0 atom stereocenters. The monoisotopic (exact) mass is 449 g/mol. The van der Waals surface area contributed by atoms with Crippen LogP contribution in [0.2, 0.25) is 0 Å². The minimum atomic E-state index is -0.212. The second kappa shape index (κ2) is 8.07. The summed E-state index contributed by atoms with van der Waals surface area (Å²) < 4.78 is 0.921. The van der Waals surface area contributed by atoms with E-state index in [0.29, 0.717) is 17.4 Å². The number of aromatic nitrogens is 1. The van der Waals surface area contributed by atoms with Crippen molar-refractivity contribution in [1.29, 1.82) is 0 Å². The summed E-state index contributed by atoms with van der Waals surface area (Å²) in [5.41, 5.74) is 8.24. The molecule has 4 rings (SSSR count). The van der Waals surface area contributed by atoms with Gasteiger partial charge in [0.05, 0.1) is 16.8 Å². The number of pyridine rings is 1. The average molecular weight is 450 g/mol. The van der Waals surface area contributed by atoms with Gasteiger partial charge in [-0.05, 0) is 61.1 Å². The molecule has 3 aromatic rings. The van der Waals surface area contributed by atoms with Gasteiger partial charge in [0.25, 0.3) is 5.91 Å². The van der Waals surface area contributed by atoms with E-state index in [-0.39, 0.29) is 5.91 Å². The van der Waals surface area contributed by atoms with Crippen molar-refractivity contribution in [2.45, 2.75) is 45.4 Å². The van der Waals surface area contributed by atoms with E-state index in [1.54, 1.807) is 0 Å². The van der Waals surface area contributed by atoms with Gasteiger partial charge in [-0.15, -0.1) is 0 Å². The van der Waals surface area contributed by atoms with Crippen molar-refractivity contribution in [3.05, 3.63) is 75.4 Å². The summed E-state index contributed by atoms with van der Waals surface area (Å²) in [7, 11) is 0. The Hall–Kier alpha value is -2.53. The molecular weight excluding hydrogens is 426 g/mol. The van der Waals surface area contributed by atoms with Crippen LogP contribution in [-0.2, 0) is 0 Å². The van der Waals surface area contributed by atoms with Crippen molar-refractivity contribution in [3.8, 4) is 0 Å². The molecule has 2 aromatic carbocycles. The number of hydrogen-bond donors (Lipinski definition) is 1. The molecule has 0 radical (unpaired) electrons. The number of amides is 1. The first-order valence-electron chi connectivity index (χ1n) is 9.97. The summed E-state index contributed by atoms with van der Waals surface area (Å²) in [6.45, 7) is 6.24. The van der Waals surface area contributed by atoms with Gasteiger partial charge < -0.3 is 0 Å². The van der Waals surface area contributed by atoms with Gasteiger partial charge in [-0.1, -0.05) is 54.0 Å². The zero-order chi connectivity index (χ0) is 20.5. The van der Waals surface area contributed by atoms with E-state index in [0.717, 1.165) is 45.2 Å². The number of rotatable bonds is 5. The van der Waals surface area contributed by atoms with E-state index in [2.05, 4.69) is 52.4 Å². The van der Waals surface area contributed by atoms with Crippen LogP contribution >= 0.6 is 15.9 Å². The van der Waals surface area contributed by atoms with Gasteiger partial charge in [0.15, 0.2) is 0 Å². The van der Waals surface area contributed by atoms with Crippen molar-refractivity contribution in [3.63, 3.8) is 0 Å². The fraction of sp³-hybridized carbons (Fsp3) is 0.292. The van der Waals surface area contributed by atoms with Gasteiger partial charge in [-0.3, -0.25) is 9.78 Å². The molecule has 1 saturated carbocycles. The minimum Gasteiger partial charge on any atom is -0.267 e. The van der Waals surface area contributed by atoms with Crippen molar-refractivity contribution in [2.24, 2.45) is 5.10 Å². The van der Waals surface area contributed by atoms with Crippen LogP contribution in [0.15, 0.2) is 58.1 Å². The van der Waals surface area contributed by atoms with Gasteiger partial charge >= 0.3 is 0 Å². The van der Waals surface area contributed by atoms with Crippen LogP contribution in [0.3, 0.4) is 0 Å². The Balaban J connectivity index is 1.61. The molecule has 1 aromatic heterocycles. The normalized spacial score (nSPS) is 14.4. The third-order valence-corrected chi connectivity index (χ3v) is 5.84. The number of halogens is 1. The van der Waals surface area contributed by atoms with Gasteiger partial charge in [0, 0.05) is 21.5 Å². The predicted molar refractivity (Wildman–Crippen MR) is 122 cm³/mol. The number of fused-ring (bicyclic) bond motifs is 1. The molecule has 0 unspecified atom stereocenters. The Labute approximate surface area is 179 Å². The molecule has 1 N–H and O–H groups in total. The number of hydrogen-bond acceptors (Lipinski definition) is 3. The number of hydrazone groups is 1. The Morgan fingerprint density at radius 3 is 2.52 bits per heavy atom. The maximum atomic E-state index is 13.0. The summed E-state index contributed by atoms with van der Waals surface area (Å²) in [5, 5.41) is 5.18. The molecule has 148 valence electrons. The molecule has 0 saturated heterocycles. The zero-order valence-corrected chi connectivity index (χ0v) is 18.5. The highest BCUT2D eigenvalue weighted by molar-refractivity contribution is 9.10. The predicted octanol–water partition coefficient (Wildman–Crippen LogP) is 6.15. The number of benzene rings is 2. The van der Waals surface area contributed by atoms with E-state index in [4.69, 9.17) is 4.98 Å². The second-order valence-electron chi connectivity index (χ2n) is 7.95. The molecule has 29 heavy (non-hydrogen) atoms. The summed E-state index contributed by atoms with van der Waals surface area (Å²) in [6.07, 6.45) is 2.28. The van der Waals surface area contributed by atoms with Crippen LogP contribution < -0.4 is 5.43 Å². The standard InChI is InChI=1S/C24H24BrN3O/c1-14(2)16-4-6-17(7-5-16)15(3)27-28-24(29)21-13-23(18-8-9-18)26-22-11-10-19(25)12-20(21)22/h4-7,10-14,18H,8-9H2,1-3H3,(H,28,29)/b27-15+. The van der Waals surface area contributed by atoms with Crippen LogP contribution in [0.5, 0.6) is 0 Å². The highest BCUT2D eigenvalue weighted by Gasteiger charge is 2.27. The maximum absolute atomic E-state index is 13.0. The zero-order valence-electron chi connectivity index (χ0n) is 16.9. The first-order chi connectivity index (χ1) is 13.9. The molecule has 1 aliphatic carbocycles. The lowest BCUT2D eigenvalue weighted by Crippen LogP contribution is -2.20. The molecule has 4 nitrogen and oxygen atoms in total. The first-order valence-corrected chi connectivity index (χ1v) is 10.8. The maximum Gasteiger partial charge on any atom is 0.272 e. The van der Waals surface area contributed by atoms with E-state index in [9.17, 15) is 4.79 Å². The number of carbonyl (C=O) groups is 1. The average Bonchev–Trinajstić information content (AvgIpc) is 3.56. The lowest BCUT2D eigenvalue weighted by atomic mass is 10.0. The highest BCUT2D eigenvalue weighted by Crippen LogP contribution is 2.40. The largest absolute Gasteiger partial charge is 0.272 e.